The predicted molar refractivity (Wildman–Crippen MR) is 75.6 cm³/mol. The summed E-state index contributed by atoms with van der Waals surface area (Å²) >= 11 is 0. The summed E-state index contributed by atoms with van der Waals surface area (Å²) < 4.78 is 5.58. The van der Waals surface area contributed by atoms with Gasteiger partial charge < -0.3 is 10.5 Å². The summed E-state index contributed by atoms with van der Waals surface area (Å²) in [5.74, 6) is 0.926. The fourth-order valence-electron chi connectivity index (χ4n) is 3.91. The zero-order valence-corrected chi connectivity index (χ0v) is 12.2. The Labute approximate surface area is 112 Å². The molecule has 2 N–H and O–H groups in total. The minimum atomic E-state index is 0.257. The maximum atomic E-state index is 6.21. The first-order valence-electron chi connectivity index (χ1n) is 7.76. The van der Waals surface area contributed by atoms with Gasteiger partial charge in [0.05, 0.1) is 13.2 Å². The van der Waals surface area contributed by atoms with Crippen LogP contribution in [-0.2, 0) is 4.74 Å². The van der Waals surface area contributed by atoms with Crippen molar-refractivity contribution in [1.29, 1.82) is 0 Å². The lowest BCUT2D eigenvalue weighted by molar-refractivity contribution is -0.0620. The number of ether oxygens (including phenoxy) is 1. The highest BCUT2D eigenvalue weighted by Crippen LogP contribution is 2.37. The van der Waals surface area contributed by atoms with E-state index >= 15 is 0 Å². The van der Waals surface area contributed by atoms with Crippen molar-refractivity contribution in [3.63, 3.8) is 0 Å². The van der Waals surface area contributed by atoms with Gasteiger partial charge in [-0.15, -0.1) is 0 Å². The second-order valence-corrected chi connectivity index (χ2v) is 6.25. The maximum absolute atomic E-state index is 6.21. The van der Waals surface area contributed by atoms with Gasteiger partial charge >= 0.3 is 0 Å². The molecule has 0 aromatic heterocycles. The van der Waals surface area contributed by atoms with Crippen molar-refractivity contribution >= 4 is 0 Å². The molecule has 1 heterocycles. The molecular formula is C15H30N2O. The highest BCUT2D eigenvalue weighted by atomic mass is 16.5. The lowest BCUT2D eigenvalue weighted by atomic mass is 9.86. The van der Waals surface area contributed by atoms with Crippen LogP contribution in [0.25, 0.3) is 0 Å². The number of rotatable bonds is 3. The van der Waals surface area contributed by atoms with Gasteiger partial charge in [-0.3, -0.25) is 4.90 Å². The quantitative estimate of drug-likeness (QED) is 0.786. The first-order valence-corrected chi connectivity index (χ1v) is 7.76. The minimum absolute atomic E-state index is 0.257. The Kier molecular flexibility index (Phi) is 5.05. The fraction of sp³-hybridized carbons (Fsp3) is 1.00. The fourth-order valence-corrected chi connectivity index (χ4v) is 3.91. The van der Waals surface area contributed by atoms with Gasteiger partial charge in [0.25, 0.3) is 0 Å². The average Bonchev–Trinajstić information content (AvgIpc) is 2.62. The van der Waals surface area contributed by atoms with Gasteiger partial charge in [0.15, 0.2) is 0 Å². The normalized spacial score (nSPS) is 39.5. The number of nitrogens with zero attached hydrogens (tertiary/aromatic N) is 1. The standard InChI is InChI=1S/C15H30N2O/c1-3-14-5-4-7-15(12-16,8-6-14)17-9-10-18-11-13(17)2/h13-14H,3-12,16H2,1-2H3. The molecule has 2 aliphatic rings. The Morgan fingerprint density at radius 2 is 2.17 bits per heavy atom. The van der Waals surface area contributed by atoms with E-state index in [-0.39, 0.29) is 5.54 Å². The summed E-state index contributed by atoms with van der Waals surface area (Å²) in [7, 11) is 0. The van der Waals surface area contributed by atoms with Crippen molar-refractivity contribution in [2.45, 2.75) is 64.0 Å². The lowest BCUT2D eigenvalue weighted by Crippen LogP contribution is -2.60. The molecule has 0 aromatic rings. The van der Waals surface area contributed by atoms with E-state index in [4.69, 9.17) is 10.5 Å². The Morgan fingerprint density at radius 1 is 1.33 bits per heavy atom. The maximum Gasteiger partial charge on any atom is 0.0620 e. The van der Waals surface area contributed by atoms with Gasteiger partial charge in [0.1, 0.15) is 0 Å². The van der Waals surface area contributed by atoms with Crippen LogP contribution in [0.5, 0.6) is 0 Å². The summed E-state index contributed by atoms with van der Waals surface area (Å²) in [6, 6.07) is 0.528. The highest BCUT2D eigenvalue weighted by Gasteiger charge is 2.40. The van der Waals surface area contributed by atoms with E-state index in [2.05, 4.69) is 18.7 Å². The molecule has 0 radical (unpaired) electrons. The van der Waals surface area contributed by atoms with Crippen LogP contribution in [0.4, 0.5) is 0 Å². The van der Waals surface area contributed by atoms with Crippen molar-refractivity contribution in [3.05, 3.63) is 0 Å². The molecule has 1 saturated carbocycles. The molecule has 3 atom stereocenters. The van der Waals surface area contributed by atoms with Crippen LogP contribution in [0, 0.1) is 5.92 Å². The molecule has 3 nitrogen and oxygen atoms in total. The molecule has 3 unspecified atom stereocenters. The van der Waals surface area contributed by atoms with E-state index < -0.39 is 0 Å². The van der Waals surface area contributed by atoms with Crippen molar-refractivity contribution in [3.8, 4) is 0 Å². The van der Waals surface area contributed by atoms with Crippen LogP contribution in [0.2, 0.25) is 0 Å². The number of hydrogen-bond donors (Lipinski definition) is 1. The average molecular weight is 254 g/mol. The largest absolute Gasteiger partial charge is 0.379 e. The smallest absolute Gasteiger partial charge is 0.0620 e. The van der Waals surface area contributed by atoms with Gasteiger partial charge in [-0.1, -0.05) is 26.2 Å². The van der Waals surface area contributed by atoms with E-state index in [1.165, 1.54) is 38.5 Å². The SMILES string of the molecule is CCC1CCCC(CN)(N2CCOCC2C)CC1. The monoisotopic (exact) mass is 254 g/mol. The lowest BCUT2D eigenvalue weighted by Gasteiger charge is -2.48. The van der Waals surface area contributed by atoms with Gasteiger partial charge in [-0.25, -0.2) is 0 Å². The summed E-state index contributed by atoms with van der Waals surface area (Å²) in [5.41, 5.74) is 6.46. The molecule has 0 aromatic carbocycles. The van der Waals surface area contributed by atoms with Crippen LogP contribution in [0.1, 0.15) is 52.4 Å². The van der Waals surface area contributed by atoms with E-state index in [1.807, 2.05) is 0 Å². The van der Waals surface area contributed by atoms with Crippen LogP contribution in [0.3, 0.4) is 0 Å². The third-order valence-corrected chi connectivity index (χ3v) is 5.21. The van der Waals surface area contributed by atoms with Crippen LogP contribution in [-0.4, -0.2) is 42.8 Å². The molecule has 0 spiro atoms. The van der Waals surface area contributed by atoms with E-state index in [0.717, 1.165) is 32.2 Å². The Balaban J connectivity index is 2.08. The first kappa shape index (κ1) is 14.3. The number of nitrogens with two attached hydrogens (primary N) is 1. The summed E-state index contributed by atoms with van der Waals surface area (Å²) in [5, 5.41) is 0. The zero-order valence-electron chi connectivity index (χ0n) is 12.2. The summed E-state index contributed by atoms with van der Waals surface area (Å²) in [6.07, 6.45) is 8.00. The van der Waals surface area contributed by atoms with E-state index in [0.29, 0.717) is 6.04 Å². The molecule has 0 amide bonds. The molecule has 106 valence electrons. The Hall–Kier alpha value is -0.120. The van der Waals surface area contributed by atoms with Crippen LogP contribution >= 0.6 is 0 Å². The molecule has 1 aliphatic heterocycles. The molecule has 3 heteroatoms. The van der Waals surface area contributed by atoms with Crippen LogP contribution in [0.15, 0.2) is 0 Å². The molecule has 1 saturated heterocycles. The molecule has 0 bridgehead atoms. The van der Waals surface area contributed by atoms with Gasteiger partial charge in [-0.2, -0.15) is 0 Å². The van der Waals surface area contributed by atoms with E-state index in [9.17, 15) is 0 Å². The van der Waals surface area contributed by atoms with Gasteiger partial charge in [-0.05, 0) is 32.1 Å². The number of morpholine rings is 1. The van der Waals surface area contributed by atoms with Crippen molar-refractivity contribution in [1.82, 2.24) is 4.90 Å². The first-order chi connectivity index (χ1) is 8.72. The zero-order chi connectivity index (χ0) is 13.0. The summed E-state index contributed by atoms with van der Waals surface area (Å²) in [4.78, 5) is 2.66. The predicted octanol–water partition coefficient (Wildman–Crippen LogP) is 2.39. The second-order valence-electron chi connectivity index (χ2n) is 6.25. The van der Waals surface area contributed by atoms with Gasteiger partial charge in [0.2, 0.25) is 0 Å². The second kappa shape index (κ2) is 6.36. The minimum Gasteiger partial charge on any atom is -0.379 e. The number of hydrogen-bond acceptors (Lipinski definition) is 3. The Morgan fingerprint density at radius 3 is 2.83 bits per heavy atom. The molecular weight excluding hydrogens is 224 g/mol. The van der Waals surface area contributed by atoms with Crippen molar-refractivity contribution in [2.75, 3.05) is 26.3 Å². The third kappa shape index (κ3) is 2.89. The molecule has 1 aliphatic carbocycles. The highest BCUT2D eigenvalue weighted by molar-refractivity contribution is 4.97. The van der Waals surface area contributed by atoms with Crippen molar-refractivity contribution < 1.29 is 4.74 Å². The third-order valence-electron chi connectivity index (χ3n) is 5.21. The Bertz CT molecular complexity index is 259. The summed E-state index contributed by atoms with van der Waals surface area (Å²) in [6.45, 7) is 8.25. The van der Waals surface area contributed by atoms with E-state index in [1.54, 1.807) is 0 Å². The molecule has 18 heavy (non-hydrogen) atoms. The topological polar surface area (TPSA) is 38.5 Å². The van der Waals surface area contributed by atoms with Crippen molar-refractivity contribution in [2.24, 2.45) is 11.7 Å². The van der Waals surface area contributed by atoms with Crippen LogP contribution < -0.4 is 5.73 Å². The molecule has 2 fully saturated rings. The van der Waals surface area contributed by atoms with Gasteiger partial charge in [0, 0.05) is 24.7 Å². The molecule has 2 rings (SSSR count).